The Hall–Kier alpha value is -3.85. The quantitative estimate of drug-likeness (QED) is 0.309. The predicted molar refractivity (Wildman–Crippen MR) is 152 cm³/mol. The first-order chi connectivity index (χ1) is 19.5. The summed E-state index contributed by atoms with van der Waals surface area (Å²) in [6.45, 7) is 10.3. The van der Waals surface area contributed by atoms with E-state index in [0.29, 0.717) is 41.7 Å². The lowest BCUT2D eigenvalue weighted by molar-refractivity contribution is -0.137. The van der Waals surface area contributed by atoms with Crippen molar-refractivity contribution in [1.82, 2.24) is 28.8 Å². The second kappa shape index (κ2) is 10.9. The topological polar surface area (TPSA) is 87.9 Å². The summed E-state index contributed by atoms with van der Waals surface area (Å²) < 4.78 is 45.3. The lowest BCUT2D eigenvalue weighted by atomic mass is 9.99. The normalized spacial score (nSPS) is 19.2. The molecule has 3 atom stereocenters. The zero-order chi connectivity index (χ0) is 29.6. The van der Waals surface area contributed by atoms with E-state index in [9.17, 15) is 23.2 Å². The van der Waals surface area contributed by atoms with Crippen LogP contribution in [0.15, 0.2) is 35.3 Å². The average Bonchev–Trinajstić information content (AvgIpc) is 3.55. The molecule has 0 bridgehead atoms. The Morgan fingerprint density at radius 1 is 1.10 bits per heavy atom. The second-order valence-corrected chi connectivity index (χ2v) is 10.7. The van der Waals surface area contributed by atoms with Gasteiger partial charge in [-0.3, -0.25) is 14.4 Å². The molecule has 41 heavy (non-hydrogen) atoms. The summed E-state index contributed by atoms with van der Waals surface area (Å²) in [4.78, 5) is 22.4. The van der Waals surface area contributed by atoms with E-state index in [4.69, 9.17) is 4.98 Å². The maximum absolute atomic E-state index is 13.4. The second-order valence-electron chi connectivity index (χ2n) is 10.7. The SMILES string of the molecule is CC[C@H]1CN([C@H](C)c2nc3cc(C(F)(F)F)ccc3n2CC)[C@H](CC)CN1c1cc(=O)n(C)c2cn(CC#N)nc12. The number of rotatable bonds is 7. The molecule has 4 aromatic rings. The van der Waals surface area contributed by atoms with Crippen LogP contribution in [0, 0.1) is 11.3 Å². The van der Waals surface area contributed by atoms with E-state index < -0.39 is 11.7 Å². The third-order valence-electron chi connectivity index (χ3n) is 8.45. The van der Waals surface area contributed by atoms with Crippen molar-refractivity contribution in [3.63, 3.8) is 0 Å². The summed E-state index contributed by atoms with van der Waals surface area (Å²) in [5, 5.41) is 13.8. The number of benzene rings is 1. The molecule has 0 N–H and O–H groups in total. The first-order valence-electron chi connectivity index (χ1n) is 14.1. The van der Waals surface area contributed by atoms with Crippen LogP contribution in [0.1, 0.15) is 58.0 Å². The molecule has 3 aromatic heterocycles. The molecule has 0 amide bonds. The molecule has 9 nitrogen and oxygen atoms in total. The number of hydrogen-bond donors (Lipinski definition) is 0. The first kappa shape index (κ1) is 28.7. The van der Waals surface area contributed by atoms with Crippen molar-refractivity contribution < 1.29 is 13.2 Å². The van der Waals surface area contributed by atoms with Crippen LogP contribution in [0.5, 0.6) is 0 Å². The molecule has 1 aliphatic rings. The number of nitrogens with zero attached hydrogens (tertiary/aromatic N) is 8. The van der Waals surface area contributed by atoms with Gasteiger partial charge in [0.25, 0.3) is 5.56 Å². The summed E-state index contributed by atoms with van der Waals surface area (Å²) >= 11 is 0. The van der Waals surface area contributed by atoms with Gasteiger partial charge in [-0.15, -0.1) is 0 Å². The molecular formula is C29H35F3N8O. The summed E-state index contributed by atoms with van der Waals surface area (Å²) in [7, 11) is 1.70. The Bertz CT molecular complexity index is 1680. The minimum absolute atomic E-state index is 0.0629. The van der Waals surface area contributed by atoms with Gasteiger partial charge >= 0.3 is 6.18 Å². The molecule has 0 aliphatic carbocycles. The number of hydrogen-bond acceptors (Lipinski definition) is 6. The molecule has 12 heteroatoms. The van der Waals surface area contributed by atoms with Gasteiger partial charge < -0.3 is 14.0 Å². The van der Waals surface area contributed by atoms with Gasteiger partial charge in [0.05, 0.1) is 46.1 Å². The average molecular weight is 569 g/mol. The number of fused-ring (bicyclic) bond motifs is 2. The summed E-state index contributed by atoms with van der Waals surface area (Å²) in [5.74, 6) is 0.745. The number of imidazole rings is 1. The minimum Gasteiger partial charge on any atom is -0.364 e. The lowest BCUT2D eigenvalue weighted by Crippen LogP contribution is -2.59. The highest BCUT2D eigenvalue weighted by Gasteiger charge is 2.38. The molecule has 218 valence electrons. The van der Waals surface area contributed by atoms with Gasteiger partial charge in [-0.05, 0) is 44.9 Å². The van der Waals surface area contributed by atoms with Crippen LogP contribution in [0.3, 0.4) is 0 Å². The Morgan fingerprint density at radius 2 is 1.83 bits per heavy atom. The van der Waals surface area contributed by atoms with Crippen LogP contribution in [-0.4, -0.2) is 54.0 Å². The molecule has 1 saturated heterocycles. The highest BCUT2D eigenvalue weighted by molar-refractivity contribution is 5.88. The Morgan fingerprint density at radius 3 is 2.46 bits per heavy atom. The van der Waals surface area contributed by atoms with Crippen LogP contribution in [0.4, 0.5) is 18.9 Å². The predicted octanol–water partition coefficient (Wildman–Crippen LogP) is 5.09. The summed E-state index contributed by atoms with van der Waals surface area (Å²) in [6.07, 6.45) is -1.05. The number of piperazine rings is 1. The lowest BCUT2D eigenvalue weighted by Gasteiger charge is -2.49. The maximum atomic E-state index is 13.4. The van der Waals surface area contributed by atoms with Gasteiger partial charge in [-0.1, -0.05) is 13.8 Å². The van der Waals surface area contributed by atoms with Gasteiger partial charge in [0.15, 0.2) is 0 Å². The number of nitriles is 1. The van der Waals surface area contributed by atoms with Crippen molar-refractivity contribution >= 4 is 27.8 Å². The third kappa shape index (κ3) is 4.96. The van der Waals surface area contributed by atoms with Gasteiger partial charge in [0, 0.05) is 44.8 Å². The monoisotopic (exact) mass is 568 g/mol. The molecule has 1 fully saturated rings. The van der Waals surface area contributed by atoms with Crippen LogP contribution in [0.25, 0.3) is 22.1 Å². The molecule has 1 aromatic carbocycles. The Labute approximate surface area is 236 Å². The van der Waals surface area contributed by atoms with Crippen LogP contribution in [-0.2, 0) is 26.3 Å². The standard InChI is InChI=1S/C29H35F3N8O/c1-6-20-16-40(24-14-26(41)36(5)25-17-37(12-11-33)35-27(24)25)21(7-2)15-39(20)18(4)28-34-22-13-19(29(30,31)32)9-10-23(22)38(28)8-3/h9-10,13-14,17-18,20-21H,6-8,12,15-16H2,1-5H3/t18-,20-,21+/m1/s1. The minimum atomic E-state index is -4.43. The third-order valence-corrected chi connectivity index (χ3v) is 8.45. The fourth-order valence-electron chi connectivity index (χ4n) is 6.19. The smallest absolute Gasteiger partial charge is 0.364 e. The van der Waals surface area contributed by atoms with E-state index in [-0.39, 0.29) is 30.2 Å². The van der Waals surface area contributed by atoms with E-state index in [0.717, 1.165) is 36.5 Å². The van der Waals surface area contributed by atoms with Crippen LogP contribution < -0.4 is 10.5 Å². The van der Waals surface area contributed by atoms with E-state index in [1.165, 1.54) is 6.07 Å². The number of anilines is 1. The fraction of sp³-hybridized carbons (Fsp3) is 0.517. The van der Waals surface area contributed by atoms with Crippen molar-refractivity contribution in [2.75, 3.05) is 18.0 Å². The molecule has 0 unspecified atom stereocenters. The van der Waals surface area contributed by atoms with Crippen molar-refractivity contribution in [3.05, 3.63) is 52.2 Å². The van der Waals surface area contributed by atoms with E-state index in [1.54, 1.807) is 28.6 Å². The highest BCUT2D eigenvalue weighted by Crippen LogP contribution is 2.36. The molecule has 4 heterocycles. The van der Waals surface area contributed by atoms with E-state index in [1.807, 2.05) is 11.5 Å². The first-order valence-corrected chi connectivity index (χ1v) is 14.1. The number of halogens is 3. The van der Waals surface area contributed by atoms with Gasteiger partial charge in [-0.2, -0.15) is 23.5 Å². The highest BCUT2D eigenvalue weighted by atomic mass is 19.4. The van der Waals surface area contributed by atoms with Crippen molar-refractivity contribution in [3.8, 4) is 6.07 Å². The van der Waals surface area contributed by atoms with Crippen LogP contribution >= 0.6 is 0 Å². The largest absolute Gasteiger partial charge is 0.416 e. The van der Waals surface area contributed by atoms with E-state index >= 15 is 0 Å². The Balaban J connectivity index is 1.53. The zero-order valence-corrected chi connectivity index (χ0v) is 24.0. The zero-order valence-electron chi connectivity index (χ0n) is 24.0. The number of alkyl halides is 3. The number of aromatic nitrogens is 5. The van der Waals surface area contributed by atoms with Crippen molar-refractivity contribution in [2.45, 2.75) is 77.9 Å². The molecule has 0 saturated carbocycles. The molecule has 1 aliphatic heterocycles. The van der Waals surface area contributed by atoms with E-state index in [2.05, 4.69) is 41.7 Å². The Kier molecular flexibility index (Phi) is 7.59. The summed E-state index contributed by atoms with van der Waals surface area (Å²) in [5.41, 5.74) is 2.32. The van der Waals surface area contributed by atoms with Crippen molar-refractivity contribution in [2.24, 2.45) is 7.05 Å². The van der Waals surface area contributed by atoms with Gasteiger partial charge in [0.2, 0.25) is 0 Å². The summed E-state index contributed by atoms with van der Waals surface area (Å²) in [6, 6.07) is 7.53. The van der Waals surface area contributed by atoms with Gasteiger partial charge in [0.1, 0.15) is 17.9 Å². The van der Waals surface area contributed by atoms with Gasteiger partial charge in [-0.25, -0.2) is 4.98 Å². The maximum Gasteiger partial charge on any atom is 0.416 e. The molecular weight excluding hydrogens is 533 g/mol. The number of aryl methyl sites for hydroxylation is 2. The molecule has 0 spiro atoms. The number of pyridine rings is 1. The molecule has 0 radical (unpaired) electrons. The molecule has 5 rings (SSSR count). The van der Waals surface area contributed by atoms with Crippen LogP contribution in [0.2, 0.25) is 0 Å². The van der Waals surface area contributed by atoms with Crippen molar-refractivity contribution in [1.29, 1.82) is 5.26 Å². The fourth-order valence-corrected chi connectivity index (χ4v) is 6.19.